The Labute approximate surface area is 216 Å². The van der Waals surface area contributed by atoms with E-state index in [9.17, 15) is 12.8 Å². The van der Waals surface area contributed by atoms with Crippen LogP contribution in [-0.4, -0.2) is 61.6 Å². The van der Waals surface area contributed by atoms with Crippen LogP contribution in [0, 0.1) is 12.7 Å². The van der Waals surface area contributed by atoms with Crippen LogP contribution in [0.1, 0.15) is 43.4 Å². The second kappa shape index (κ2) is 10.1. The molecule has 0 amide bonds. The highest BCUT2D eigenvalue weighted by molar-refractivity contribution is 7.90. The maximum atomic E-state index is 14.8. The van der Waals surface area contributed by atoms with E-state index in [2.05, 4.69) is 15.0 Å². The first-order valence-electron chi connectivity index (χ1n) is 12.5. The van der Waals surface area contributed by atoms with Crippen molar-refractivity contribution in [1.29, 1.82) is 0 Å². The quantitative estimate of drug-likeness (QED) is 0.475. The fourth-order valence-electron chi connectivity index (χ4n) is 4.93. The van der Waals surface area contributed by atoms with Gasteiger partial charge in [0.2, 0.25) is 0 Å². The second-order valence-electron chi connectivity index (χ2n) is 9.76. The summed E-state index contributed by atoms with van der Waals surface area (Å²) in [5.74, 6) is -0.103. The van der Waals surface area contributed by atoms with Gasteiger partial charge in [-0.2, -0.15) is 12.7 Å². The molecule has 9 nitrogen and oxygen atoms in total. The molecular weight excluding hydrogens is 497 g/mol. The molecule has 0 aliphatic carbocycles. The van der Waals surface area contributed by atoms with E-state index >= 15 is 0 Å². The first-order valence-corrected chi connectivity index (χ1v) is 14.0. The second-order valence-corrected chi connectivity index (χ2v) is 11.5. The van der Waals surface area contributed by atoms with Gasteiger partial charge in [-0.05, 0) is 63.5 Å². The summed E-state index contributed by atoms with van der Waals surface area (Å²) in [6.45, 7) is 6.18. The van der Waals surface area contributed by atoms with E-state index in [1.54, 1.807) is 32.0 Å². The third-order valence-electron chi connectivity index (χ3n) is 7.35. The third-order valence-corrected chi connectivity index (χ3v) is 8.90. The van der Waals surface area contributed by atoms with Crippen molar-refractivity contribution >= 4 is 26.9 Å². The molecule has 1 unspecified atom stereocenters. The Morgan fingerprint density at radius 1 is 1.24 bits per heavy atom. The average Bonchev–Trinajstić information content (AvgIpc) is 3.30. The molecule has 0 radical (unpaired) electrons. The van der Waals surface area contributed by atoms with Crippen molar-refractivity contribution in [3.8, 4) is 11.5 Å². The van der Waals surface area contributed by atoms with Crippen LogP contribution in [0.5, 0.6) is 11.5 Å². The number of anilines is 1. The lowest BCUT2D eigenvalue weighted by atomic mass is 9.85. The number of nitrogens with zero attached hydrogens (tertiary/aromatic N) is 3. The first kappa shape index (κ1) is 25.8. The van der Waals surface area contributed by atoms with Crippen LogP contribution in [0.4, 0.5) is 10.1 Å². The van der Waals surface area contributed by atoms with Crippen molar-refractivity contribution in [2.24, 2.45) is 0 Å². The zero-order valence-electron chi connectivity index (χ0n) is 21.3. The highest BCUT2D eigenvalue weighted by atomic mass is 32.2. The fourth-order valence-corrected chi connectivity index (χ4v) is 5.92. The standard InChI is InChI=1S/C26H32FN5O4S/c1-4-32(3)37(33,34)31-21-8-6-20(27)25(17(21)2)36-19-5-7-22-23(13-19)30-24(15-29-22)18-14-26(35-16-18)9-11-28-12-10-26/h5-8,13,15,18,28,31H,4,9-12,14,16H2,1-3H3. The molecule has 3 aromatic rings. The molecule has 198 valence electrons. The first-order chi connectivity index (χ1) is 17.7. The van der Waals surface area contributed by atoms with Crippen LogP contribution < -0.4 is 14.8 Å². The summed E-state index contributed by atoms with van der Waals surface area (Å²) < 4.78 is 55.5. The van der Waals surface area contributed by atoms with E-state index in [1.807, 2.05) is 6.20 Å². The molecular formula is C26H32FN5O4S. The minimum absolute atomic E-state index is 0.0557. The van der Waals surface area contributed by atoms with Crippen molar-refractivity contribution in [2.75, 3.05) is 38.0 Å². The fraction of sp³-hybridized carbons (Fsp3) is 0.462. The predicted molar refractivity (Wildman–Crippen MR) is 140 cm³/mol. The topological polar surface area (TPSA) is 106 Å². The number of rotatable bonds is 7. The van der Waals surface area contributed by atoms with E-state index in [0.29, 0.717) is 35.5 Å². The molecule has 5 rings (SSSR count). The highest BCUT2D eigenvalue weighted by Crippen LogP contribution is 2.41. The highest BCUT2D eigenvalue weighted by Gasteiger charge is 2.42. The summed E-state index contributed by atoms with van der Waals surface area (Å²) in [5.41, 5.74) is 2.72. The minimum Gasteiger partial charge on any atom is -0.454 e. The molecule has 3 heterocycles. The van der Waals surface area contributed by atoms with Crippen LogP contribution in [0.2, 0.25) is 0 Å². The van der Waals surface area contributed by atoms with Gasteiger partial charge in [0.15, 0.2) is 11.6 Å². The number of hydrogen-bond donors (Lipinski definition) is 2. The number of ether oxygens (including phenoxy) is 2. The number of aromatic nitrogens is 2. The van der Waals surface area contributed by atoms with Crippen molar-refractivity contribution < 1.29 is 22.3 Å². The molecule has 2 aromatic carbocycles. The summed E-state index contributed by atoms with van der Waals surface area (Å²) in [6.07, 6.45) is 4.73. The largest absolute Gasteiger partial charge is 0.454 e. The van der Waals surface area contributed by atoms with Crippen LogP contribution in [0.25, 0.3) is 11.0 Å². The molecule has 2 N–H and O–H groups in total. The summed E-state index contributed by atoms with van der Waals surface area (Å²) in [5, 5.41) is 3.39. The van der Waals surface area contributed by atoms with E-state index in [1.165, 1.54) is 19.2 Å². The van der Waals surface area contributed by atoms with Gasteiger partial charge in [-0.25, -0.2) is 9.37 Å². The maximum Gasteiger partial charge on any atom is 0.301 e. The monoisotopic (exact) mass is 529 g/mol. The van der Waals surface area contributed by atoms with Gasteiger partial charge in [0.05, 0.1) is 34.6 Å². The van der Waals surface area contributed by atoms with Crippen molar-refractivity contribution in [3.63, 3.8) is 0 Å². The third kappa shape index (κ3) is 5.26. The maximum absolute atomic E-state index is 14.8. The zero-order valence-corrected chi connectivity index (χ0v) is 22.1. The number of hydrogen-bond acceptors (Lipinski definition) is 7. The molecule has 2 aliphatic heterocycles. The Morgan fingerprint density at radius 3 is 2.78 bits per heavy atom. The van der Waals surface area contributed by atoms with Gasteiger partial charge in [-0.1, -0.05) is 6.92 Å². The lowest BCUT2D eigenvalue weighted by Crippen LogP contribution is -2.41. The Kier molecular flexibility index (Phi) is 7.06. The normalized spacial score (nSPS) is 19.5. The molecule has 1 spiro atoms. The van der Waals surface area contributed by atoms with Gasteiger partial charge in [0, 0.05) is 37.3 Å². The van der Waals surface area contributed by atoms with Crippen molar-refractivity contribution in [3.05, 3.63) is 53.6 Å². The van der Waals surface area contributed by atoms with E-state index < -0.39 is 16.0 Å². The van der Waals surface area contributed by atoms with Crippen molar-refractivity contribution in [1.82, 2.24) is 19.6 Å². The molecule has 2 saturated heterocycles. The van der Waals surface area contributed by atoms with Crippen LogP contribution >= 0.6 is 0 Å². The molecule has 37 heavy (non-hydrogen) atoms. The van der Waals surface area contributed by atoms with Crippen LogP contribution in [-0.2, 0) is 14.9 Å². The number of fused-ring (bicyclic) bond motifs is 1. The number of halogens is 1. The molecule has 2 aliphatic rings. The van der Waals surface area contributed by atoms with Crippen LogP contribution in [0.3, 0.4) is 0 Å². The summed E-state index contributed by atoms with van der Waals surface area (Å²) in [6, 6.07) is 7.76. The van der Waals surface area contributed by atoms with Crippen LogP contribution in [0.15, 0.2) is 36.5 Å². The Morgan fingerprint density at radius 2 is 2.03 bits per heavy atom. The smallest absolute Gasteiger partial charge is 0.301 e. The SMILES string of the molecule is CCN(C)S(=O)(=O)Nc1ccc(F)c(Oc2ccc3ncc(C4COC5(CCNCC5)C4)nc3c2)c1C. The Bertz CT molecular complexity index is 1410. The average molecular weight is 530 g/mol. The van der Waals surface area contributed by atoms with Crippen molar-refractivity contribution in [2.45, 2.75) is 44.6 Å². The summed E-state index contributed by atoms with van der Waals surface area (Å²) >= 11 is 0. The molecule has 1 aromatic heterocycles. The van der Waals surface area contributed by atoms with Gasteiger partial charge < -0.3 is 14.8 Å². The number of piperidine rings is 1. The van der Waals surface area contributed by atoms with Gasteiger partial charge in [0.1, 0.15) is 5.75 Å². The molecule has 11 heteroatoms. The van der Waals surface area contributed by atoms with E-state index in [-0.39, 0.29) is 23.0 Å². The summed E-state index contributed by atoms with van der Waals surface area (Å²) in [4.78, 5) is 9.43. The Hall–Kier alpha value is -2.86. The van der Waals surface area contributed by atoms with Gasteiger partial charge >= 0.3 is 10.2 Å². The van der Waals surface area contributed by atoms with E-state index in [4.69, 9.17) is 14.5 Å². The predicted octanol–water partition coefficient (Wildman–Crippen LogP) is 4.10. The van der Waals surface area contributed by atoms with Gasteiger partial charge in [0.25, 0.3) is 0 Å². The molecule has 0 saturated carbocycles. The summed E-state index contributed by atoms with van der Waals surface area (Å²) in [7, 11) is -2.30. The lowest BCUT2D eigenvalue weighted by Gasteiger charge is -2.32. The molecule has 2 fully saturated rings. The van der Waals surface area contributed by atoms with E-state index in [0.717, 1.165) is 42.4 Å². The van der Waals surface area contributed by atoms with Gasteiger partial charge in [-0.15, -0.1) is 0 Å². The minimum atomic E-state index is -3.77. The molecule has 1 atom stereocenters. The lowest BCUT2D eigenvalue weighted by molar-refractivity contribution is -0.0193. The number of benzene rings is 2. The zero-order chi connectivity index (χ0) is 26.2. The Balaban J connectivity index is 1.39. The van der Waals surface area contributed by atoms with Gasteiger partial charge in [-0.3, -0.25) is 9.71 Å². The molecule has 0 bridgehead atoms. The number of nitrogens with one attached hydrogen (secondary N) is 2.